The third-order valence-corrected chi connectivity index (χ3v) is 5.06. The third-order valence-electron chi connectivity index (χ3n) is 5.06. The highest BCUT2D eigenvalue weighted by atomic mass is 16.5. The van der Waals surface area contributed by atoms with Gasteiger partial charge in [-0.1, -0.05) is 22.9 Å². The van der Waals surface area contributed by atoms with Crippen LogP contribution in [0.4, 0.5) is 0 Å². The molecule has 162 valence electrons. The molecule has 1 N–H and O–H groups in total. The van der Waals surface area contributed by atoms with Crippen LogP contribution >= 0.6 is 0 Å². The van der Waals surface area contributed by atoms with Crippen LogP contribution in [0.1, 0.15) is 18.4 Å². The Morgan fingerprint density at radius 1 is 1.16 bits per heavy atom. The van der Waals surface area contributed by atoms with Gasteiger partial charge in [0, 0.05) is 24.3 Å². The van der Waals surface area contributed by atoms with Gasteiger partial charge in [0.05, 0.1) is 13.2 Å². The number of carbonyl (C=O) groups is 1. The summed E-state index contributed by atoms with van der Waals surface area (Å²) in [6.45, 7) is 3.17. The molecule has 1 saturated heterocycles. The lowest BCUT2D eigenvalue weighted by atomic mass is 10.1. The minimum Gasteiger partial charge on any atom is -0.493 e. The Morgan fingerprint density at radius 3 is 2.71 bits per heavy atom. The van der Waals surface area contributed by atoms with E-state index < -0.39 is 0 Å². The molecule has 0 aliphatic carbocycles. The summed E-state index contributed by atoms with van der Waals surface area (Å²) in [5.74, 6) is 1.61. The van der Waals surface area contributed by atoms with Gasteiger partial charge < -0.3 is 24.1 Å². The maximum atomic E-state index is 12.1. The van der Waals surface area contributed by atoms with Crippen LogP contribution in [0, 0.1) is 6.92 Å². The lowest BCUT2D eigenvalue weighted by molar-refractivity contribution is -0.123. The van der Waals surface area contributed by atoms with Crippen molar-refractivity contribution in [2.75, 3.05) is 26.9 Å². The molecule has 1 aromatic heterocycles. The zero-order valence-electron chi connectivity index (χ0n) is 17.6. The van der Waals surface area contributed by atoms with Gasteiger partial charge in [0.25, 0.3) is 11.8 Å². The fraction of sp³-hybridized carbons (Fsp3) is 0.348. The summed E-state index contributed by atoms with van der Waals surface area (Å²) in [6.07, 6.45) is 2.10. The van der Waals surface area contributed by atoms with Crippen molar-refractivity contribution >= 4 is 5.91 Å². The van der Waals surface area contributed by atoms with E-state index in [9.17, 15) is 4.79 Å². The van der Waals surface area contributed by atoms with E-state index in [4.69, 9.17) is 18.7 Å². The highest BCUT2D eigenvalue weighted by molar-refractivity contribution is 5.77. The predicted octanol–water partition coefficient (Wildman–Crippen LogP) is 3.39. The molecule has 3 aromatic rings. The number of nitrogens with one attached hydrogen (secondary N) is 1. The molecule has 0 radical (unpaired) electrons. The number of carbonyl (C=O) groups excluding carboxylic acids is 1. The number of hydrogen-bond acceptors (Lipinski definition) is 7. The summed E-state index contributed by atoms with van der Waals surface area (Å²) in [7, 11) is 1.54. The fourth-order valence-electron chi connectivity index (χ4n) is 3.31. The van der Waals surface area contributed by atoms with Gasteiger partial charge in [-0.15, -0.1) is 0 Å². The van der Waals surface area contributed by atoms with Crippen LogP contribution in [0.25, 0.3) is 22.8 Å². The van der Waals surface area contributed by atoms with Crippen molar-refractivity contribution in [1.82, 2.24) is 15.5 Å². The zero-order chi connectivity index (χ0) is 21.6. The fourth-order valence-corrected chi connectivity index (χ4v) is 3.31. The van der Waals surface area contributed by atoms with E-state index in [0.29, 0.717) is 35.3 Å². The van der Waals surface area contributed by atoms with Gasteiger partial charge in [0.15, 0.2) is 18.1 Å². The van der Waals surface area contributed by atoms with Crippen molar-refractivity contribution in [1.29, 1.82) is 0 Å². The minimum absolute atomic E-state index is 0.0949. The molecule has 1 fully saturated rings. The van der Waals surface area contributed by atoms with Crippen LogP contribution in [-0.4, -0.2) is 49.0 Å². The third kappa shape index (κ3) is 5.21. The molecule has 2 heterocycles. The van der Waals surface area contributed by atoms with E-state index in [1.54, 1.807) is 18.2 Å². The predicted molar refractivity (Wildman–Crippen MR) is 114 cm³/mol. The number of rotatable bonds is 8. The number of aromatic nitrogens is 2. The number of nitrogens with zero attached hydrogens (tertiary/aromatic N) is 2. The molecule has 1 amide bonds. The molecule has 4 rings (SSSR count). The normalized spacial score (nSPS) is 15.6. The average molecular weight is 423 g/mol. The summed E-state index contributed by atoms with van der Waals surface area (Å²) >= 11 is 0. The lowest BCUT2D eigenvalue weighted by Crippen LogP contribution is -2.35. The Morgan fingerprint density at radius 2 is 1.97 bits per heavy atom. The number of hydrogen-bond donors (Lipinski definition) is 1. The topological polar surface area (TPSA) is 95.7 Å². The monoisotopic (exact) mass is 423 g/mol. The zero-order valence-corrected chi connectivity index (χ0v) is 17.6. The summed E-state index contributed by atoms with van der Waals surface area (Å²) in [4.78, 5) is 16.5. The Kier molecular flexibility index (Phi) is 6.47. The highest BCUT2D eigenvalue weighted by Gasteiger charge is 2.17. The van der Waals surface area contributed by atoms with Crippen molar-refractivity contribution in [3.8, 4) is 34.3 Å². The van der Waals surface area contributed by atoms with E-state index in [-0.39, 0.29) is 18.6 Å². The molecule has 0 saturated carbocycles. The van der Waals surface area contributed by atoms with Crippen LogP contribution < -0.4 is 14.8 Å². The first-order chi connectivity index (χ1) is 15.1. The molecular weight excluding hydrogens is 398 g/mol. The lowest BCUT2D eigenvalue weighted by Gasteiger charge is -2.13. The second-order valence-corrected chi connectivity index (χ2v) is 7.38. The van der Waals surface area contributed by atoms with E-state index in [1.807, 2.05) is 31.2 Å². The second-order valence-electron chi connectivity index (χ2n) is 7.38. The Labute approximate surface area is 180 Å². The first-order valence-corrected chi connectivity index (χ1v) is 10.2. The van der Waals surface area contributed by atoms with E-state index in [2.05, 4.69) is 15.5 Å². The average Bonchev–Trinajstić information content (AvgIpc) is 3.49. The van der Waals surface area contributed by atoms with Crippen LogP contribution in [0.5, 0.6) is 11.5 Å². The van der Waals surface area contributed by atoms with Crippen molar-refractivity contribution < 1.29 is 23.5 Å². The minimum atomic E-state index is -0.206. The summed E-state index contributed by atoms with van der Waals surface area (Å²) in [5.41, 5.74) is 2.73. The van der Waals surface area contributed by atoms with Gasteiger partial charge in [0.1, 0.15) is 0 Å². The largest absolute Gasteiger partial charge is 0.493 e. The smallest absolute Gasteiger partial charge is 0.258 e. The summed E-state index contributed by atoms with van der Waals surface area (Å²) < 4.78 is 22.0. The molecular formula is C23H25N3O5. The van der Waals surface area contributed by atoms with Crippen molar-refractivity contribution in [2.24, 2.45) is 0 Å². The molecule has 1 atom stereocenters. The van der Waals surface area contributed by atoms with Crippen molar-refractivity contribution in [3.63, 3.8) is 0 Å². The number of amides is 1. The van der Waals surface area contributed by atoms with Gasteiger partial charge in [0.2, 0.25) is 5.82 Å². The van der Waals surface area contributed by atoms with E-state index in [0.717, 1.165) is 30.6 Å². The van der Waals surface area contributed by atoms with Crippen molar-refractivity contribution in [3.05, 3.63) is 48.0 Å². The Bertz CT molecular complexity index is 1030. The van der Waals surface area contributed by atoms with Crippen LogP contribution in [0.2, 0.25) is 0 Å². The first kappa shape index (κ1) is 20.9. The van der Waals surface area contributed by atoms with E-state index in [1.165, 1.54) is 7.11 Å². The van der Waals surface area contributed by atoms with Gasteiger partial charge >= 0.3 is 0 Å². The molecule has 2 aromatic carbocycles. The molecule has 8 heteroatoms. The molecule has 0 bridgehead atoms. The highest BCUT2D eigenvalue weighted by Crippen LogP contribution is 2.32. The number of benzene rings is 2. The summed E-state index contributed by atoms with van der Waals surface area (Å²) in [5, 5.41) is 6.90. The second kappa shape index (κ2) is 9.61. The maximum Gasteiger partial charge on any atom is 0.258 e. The Hall–Kier alpha value is -3.39. The van der Waals surface area contributed by atoms with Gasteiger partial charge in [-0.25, -0.2) is 0 Å². The number of aryl methyl sites for hydroxylation is 1. The van der Waals surface area contributed by atoms with Crippen molar-refractivity contribution in [2.45, 2.75) is 25.9 Å². The molecule has 8 nitrogen and oxygen atoms in total. The molecule has 31 heavy (non-hydrogen) atoms. The van der Waals surface area contributed by atoms with Crippen LogP contribution in [0.3, 0.4) is 0 Å². The van der Waals surface area contributed by atoms with Gasteiger partial charge in [-0.3, -0.25) is 4.79 Å². The number of ether oxygens (including phenoxy) is 3. The molecule has 1 aliphatic rings. The number of methoxy groups -OCH3 is 1. The van der Waals surface area contributed by atoms with Gasteiger partial charge in [-0.05, 0) is 50.1 Å². The molecule has 0 spiro atoms. The Balaban J connectivity index is 1.39. The molecule has 1 unspecified atom stereocenters. The first-order valence-electron chi connectivity index (χ1n) is 10.2. The molecule has 1 aliphatic heterocycles. The van der Waals surface area contributed by atoms with Crippen LogP contribution in [-0.2, 0) is 9.53 Å². The summed E-state index contributed by atoms with van der Waals surface area (Å²) in [6, 6.07) is 13.1. The maximum absolute atomic E-state index is 12.1. The van der Waals surface area contributed by atoms with E-state index >= 15 is 0 Å². The van der Waals surface area contributed by atoms with Gasteiger partial charge in [-0.2, -0.15) is 4.98 Å². The quantitative estimate of drug-likeness (QED) is 0.593. The SMILES string of the molecule is COc1cc(-c2noc(-c3ccc(C)cc3)n2)ccc1OCC(=O)NCC1CCCO1. The van der Waals surface area contributed by atoms with Crippen LogP contribution in [0.15, 0.2) is 47.0 Å². The standard InChI is InChI=1S/C23H25N3O5/c1-15-5-7-16(8-6-15)23-25-22(26-31-23)17-9-10-19(20(12-17)28-2)30-14-21(27)24-13-18-4-3-11-29-18/h5-10,12,18H,3-4,11,13-14H2,1-2H3,(H,24,27).